The van der Waals surface area contributed by atoms with E-state index in [0.717, 1.165) is 35.7 Å². The van der Waals surface area contributed by atoms with E-state index < -0.39 is 30.1 Å². The van der Waals surface area contributed by atoms with Crippen LogP contribution in [0.3, 0.4) is 0 Å². The molecule has 1 amide bonds. The summed E-state index contributed by atoms with van der Waals surface area (Å²) in [5, 5.41) is 10.9. The van der Waals surface area contributed by atoms with Crippen LogP contribution >= 0.6 is 11.8 Å². The molecule has 0 aliphatic heterocycles. The highest BCUT2D eigenvalue weighted by Crippen LogP contribution is 2.28. The van der Waals surface area contributed by atoms with Crippen molar-refractivity contribution in [1.82, 2.24) is 25.0 Å². The number of aromatic nitrogens is 5. The van der Waals surface area contributed by atoms with Crippen molar-refractivity contribution in [2.45, 2.75) is 37.5 Å². The normalized spacial score (nSPS) is 11.8. The molecule has 9 nitrogen and oxygen atoms in total. The minimum atomic E-state index is -4.87. The van der Waals surface area contributed by atoms with Gasteiger partial charge in [0.15, 0.2) is 10.9 Å². The number of carbonyl (C=O) groups is 1. The quantitative estimate of drug-likeness (QED) is 0.153. The van der Waals surface area contributed by atoms with E-state index >= 15 is 0 Å². The molecule has 4 aromatic rings. The molecular weight excluding hydrogens is 566 g/mol. The minimum Gasteiger partial charge on any atom is -0.406 e. The first-order valence-corrected chi connectivity index (χ1v) is 12.2. The van der Waals surface area contributed by atoms with Crippen LogP contribution in [-0.2, 0) is 5.75 Å². The van der Waals surface area contributed by atoms with Crippen molar-refractivity contribution in [2.24, 2.45) is 0 Å². The van der Waals surface area contributed by atoms with E-state index in [4.69, 9.17) is 0 Å². The number of halogens is 6. The largest absolute Gasteiger partial charge is 0.573 e. The molecule has 0 bridgehead atoms. The lowest BCUT2D eigenvalue weighted by molar-refractivity contribution is -0.275. The third-order valence-corrected chi connectivity index (χ3v) is 5.80. The molecule has 0 spiro atoms. The van der Waals surface area contributed by atoms with E-state index in [1.54, 1.807) is 19.9 Å². The number of nitrogens with one attached hydrogen (secondary N) is 1. The van der Waals surface area contributed by atoms with Crippen molar-refractivity contribution in [3.05, 3.63) is 77.4 Å². The number of benzene rings is 2. The van der Waals surface area contributed by atoms with E-state index in [0.29, 0.717) is 5.16 Å². The molecular formula is C24H18F6N6O3S. The predicted octanol–water partition coefficient (Wildman–Crippen LogP) is 6.02. The number of carbonyl (C=O) groups excluding carboxylic acids is 1. The molecule has 40 heavy (non-hydrogen) atoms. The first kappa shape index (κ1) is 28.7. The molecule has 0 aliphatic rings. The van der Waals surface area contributed by atoms with Crippen LogP contribution in [0.15, 0.2) is 59.8 Å². The number of anilines is 1. The summed E-state index contributed by atoms with van der Waals surface area (Å²) in [6.45, 7) is 3.58. The van der Waals surface area contributed by atoms with E-state index in [9.17, 15) is 31.1 Å². The number of aryl methyl sites for hydroxylation is 2. The van der Waals surface area contributed by atoms with Crippen LogP contribution in [0, 0.1) is 13.8 Å². The van der Waals surface area contributed by atoms with E-state index in [2.05, 4.69) is 35.1 Å². The molecule has 0 saturated carbocycles. The average Bonchev–Trinajstić information content (AvgIpc) is 3.26. The average molecular weight is 585 g/mol. The van der Waals surface area contributed by atoms with Crippen LogP contribution in [0.5, 0.6) is 11.5 Å². The number of ether oxygens (including phenoxy) is 2. The molecule has 16 heteroatoms. The Morgan fingerprint density at radius 2 is 1.40 bits per heavy atom. The Hall–Kier alpha value is -4.34. The standard InChI is InChI=1S/C24H18F6N6O3S/c1-13-11-14(2)32-22(31-13)40-12-19-20(21(37)33-15-3-7-17(8-4-15)38-23(25,26)27)34-35-36(19)16-5-9-18(10-6-16)39-24(28,29)30/h3-11H,12H2,1-2H3,(H,33,37). The maximum absolute atomic E-state index is 13.1. The number of amides is 1. The Morgan fingerprint density at radius 1 is 0.875 bits per heavy atom. The maximum Gasteiger partial charge on any atom is 0.573 e. The fourth-order valence-corrected chi connectivity index (χ4v) is 4.37. The lowest BCUT2D eigenvalue weighted by Gasteiger charge is -2.11. The van der Waals surface area contributed by atoms with Crippen LogP contribution in [0.4, 0.5) is 32.0 Å². The van der Waals surface area contributed by atoms with Gasteiger partial charge in [0.25, 0.3) is 5.91 Å². The van der Waals surface area contributed by atoms with E-state index in [1.807, 2.05) is 0 Å². The Kier molecular flexibility index (Phi) is 8.18. The van der Waals surface area contributed by atoms with Gasteiger partial charge in [-0.2, -0.15) is 0 Å². The zero-order chi connectivity index (χ0) is 29.1. The molecule has 0 fully saturated rings. The van der Waals surface area contributed by atoms with Gasteiger partial charge in [-0.3, -0.25) is 4.79 Å². The second kappa shape index (κ2) is 11.4. The van der Waals surface area contributed by atoms with Crippen LogP contribution in [0.2, 0.25) is 0 Å². The van der Waals surface area contributed by atoms with E-state index in [1.165, 1.54) is 40.7 Å². The molecule has 2 aromatic carbocycles. The summed E-state index contributed by atoms with van der Waals surface area (Å²) in [4.78, 5) is 21.8. The van der Waals surface area contributed by atoms with Gasteiger partial charge < -0.3 is 14.8 Å². The van der Waals surface area contributed by atoms with Crippen molar-refractivity contribution in [1.29, 1.82) is 0 Å². The van der Waals surface area contributed by atoms with Crippen molar-refractivity contribution < 1.29 is 40.6 Å². The molecule has 0 aliphatic carbocycles. The third kappa shape index (κ3) is 7.84. The Morgan fingerprint density at radius 3 is 1.93 bits per heavy atom. The fraction of sp³-hybridized carbons (Fsp3) is 0.208. The second-order valence-corrected chi connectivity index (χ2v) is 9.03. The van der Waals surface area contributed by atoms with Crippen molar-refractivity contribution >= 4 is 23.4 Å². The molecule has 1 N–H and O–H groups in total. The zero-order valence-corrected chi connectivity index (χ0v) is 21.4. The number of nitrogens with zero attached hydrogens (tertiary/aromatic N) is 5. The Balaban J connectivity index is 1.61. The van der Waals surface area contributed by atoms with Gasteiger partial charge in [0.1, 0.15) is 11.5 Å². The highest BCUT2D eigenvalue weighted by Gasteiger charge is 2.32. The van der Waals surface area contributed by atoms with Gasteiger partial charge in [-0.05, 0) is 68.4 Å². The summed E-state index contributed by atoms with van der Waals surface area (Å²) in [5.41, 5.74) is 2.00. The second-order valence-electron chi connectivity index (χ2n) is 8.09. The van der Waals surface area contributed by atoms with Gasteiger partial charge in [0.05, 0.1) is 11.4 Å². The Bertz CT molecular complexity index is 1470. The van der Waals surface area contributed by atoms with Gasteiger partial charge >= 0.3 is 12.7 Å². The van der Waals surface area contributed by atoms with Crippen LogP contribution in [0.25, 0.3) is 5.69 Å². The number of thioether (sulfide) groups is 1. The summed E-state index contributed by atoms with van der Waals surface area (Å²) in [6.07, 6.45) is -9.74. The highest BCUT2D eigenvalue weighted by atomic mass is 32.2. The first-order valence-electron chi connectivity index (χ1n) is 11.2. The molecule has 4 rings (SSSR count). The predicted molar refractivity (Wildman–Crippen MR) is 130 cm³/mol. The summed E-state index contributed by atoms with van der Waals surface area (Å²) < 4.78 is 83.9. The lowest BCUT2D eigenvalue weighted by atomic mass is 10.2. The van der Waals surface area contributed by atoms with Crippen molar-refractivity contribution in [2.75, 3.05) is 5.32 Å². The number of hydrogen-bond acceptors (Lipinski definition) is 8. The molecule has 2 aromatic heterocycles. The molecule has 0 saturated heterocycles. The molecule has 2 heterocycles. The molecule has 0 atom stereocenters. The summed E-state index contributed by atoms with van der Waals surface area (Å²) >= 11 is 1.17. The highest BCUT2D eigenvalue weighted by molar-refractivity contribution is 7.98. The van der Waals surface area contributed by atoms with Gasteiger partial charge in [0.2, 0.25) is 0 Å². The van der Waals surface area contributed by atoms with E-state index in [-0.39, 0.29) is 28.5 Å². The van der Waals surface area contributed by atoms with Crippen molar-refractivity contribution in [3.8, 4) is 17.2 Å². The maximum atomic E-state index is 13.1. The number of hydrogen-bond donors (Lipinski definition) is 1. The van der Waals surface area contributed by atoms with Gasteiger partial charge in [-0.1, -0.05) is 17.0 Å². The van der Waals surface area contributed by atoms with Gasteiger partial charge in [-0.25, -0.2) is 14.6 Å². The van der Waals surface area contributed by atoms with Gasteiger partial charge in [0, 0.05) is 22.8 Å². The van der Waals surface area contributed by atoms with Crippen molar-refractivity contribution in [3.63, 3.8) is 0 Å². The monoisotopic (exact) mass is 584 g/mol. The summed E-state index contributed by atoms with van der Waals surface area (Å²) in [5.74, 6) is -1.57. The first-order chi connectivity index (χ1) is 18.8. The van der Waals surface area contributed by atoms with Gasteiger partial charge in [-0.15, -0.1) is 31.4 Å². The minimum absolute atomic E-state index is 0.0812. The zero-order valence-electron chi connectivity index (χ0n) is 20.5. The third-order valence-electron chi connectivity index (χ3n) is 4.94. The molecule has 210 valence electrons. The molecule has 0 radical (unpaired) electrons. The van der Waals surface area contributed by atoms with Crippen LogP contribution in [-0.4, -0.2) is 43.6 Å². The number of alkyl halides is 6. The summed E-state index contributed by atoms with van der Waals surface area (Å²) in [7, 11) is 0. The van der Waals surface area contributed by atoms with Crippen LogP contribution < -0.4 is 14.8 Å². The fourth-order valence-electron chi connectivity index (χ4n) is 3.43. The Labute approximate surface area is 226 Å². The number of rotatable bonds is 8. The molecule has 0 unspecified atom stereocenters. The topological polar surface area (TPSA) is 104 Å². The summed E-state index contributed by atoms with van der Waals surface area (Å²) in [6, 6.07) is 11.0. The lowest BCUT2D eigenvalue weighted by Crippen LogP contribution is -2.17. The van der Waals surface area contributed by atoms with Crippen LogP contribution in [0.1, 0.15) is 27.6 Å². The smallest absolute Gasteiger partial charge is 0.406 e. The SMILES string of the molecule is Cc1cc(C)nc(SCc2c(C(=O)Nc3ccc(OC(F)(F)F)cc3)nnn2-c2ccc(OC(F)(F)F)cc2)n1.